The van der Waals surface area contributed by atoms with Crippen LogP contribution in [0, 0.1) is 0 Å². The van der Waals surface area contributed by atoms with Crippen molar-refractivity contribution in [1.29, 1.82) is 0 Å². The number of benzene rings is 1. The maximum atomic E-state index is 12.7. The molecule has 0 fully saturated rings. The number of aromatic amines is 1. The number of aromatic nitrogens is 1. The van der Waals surface area contributed by atoms with E-state index in [1.807, 2.05) is 19.9 Å². The number of allylic oxidation sites excluding steroid dienone is 3. The normalized spacial score (nSPS) is 14.2. The van der Waals surface area contributed by atoms with Gasteiger partial charge in [0.15, 0.2) is 0 Å². The molecule has 0 saturated heterocycles. The molecule has 0 aliphatic heterocycles. The first-order valence-corrected chi connectivity index (χ1v) is 7.34. The molecule has 3 nitrogen and oxygen atoms in total. The molecular weight excluding hydrogens is 303 g/mol. The Labute approximate surface area is 133 Å². The summed E-state index contributed by atoms with van der Waals surface area (Å²) in [6.07, 6.45) is 3.04. The zero-order chi connectivity index (χ0) is 16.3. The molecule has 116 valence electrons. The van der Waals surface area contributed by atoms with Crippen molar-refractivity contribution in [1.82, 2.24) is 10.3 Å². The monoisotopic (exact) mass is 320 g/mol. The van der Waals surface area contributed by atoms with Gasteiger partial charge in [0.05, 0.1) is 5.83 Å². The van der Waals surface area contributed by atoms with Gasteiger partial charge in [-0.15, -0.1) is 0 Å². The molecule has 1 unspecified atom stereocenters. The van der Waals surface area contributed by atoms with Gasteiger partial charge in [-0.2, -0.15) is 0 Å². The van der Waals surface area contributed by atoms with Crippen LogP contribution >= 0.6 is 11.6 Å². The third-order valence-corrected chi connectivity index (χ3v) is 3.67. The van der Waals surface area contributed by atoms with E-state index in [9.17, 15) is 9.18 Å². The van der Waals surface area contributed by atoms with Crippen molar-refractivity contribution in [2.24, 2.45) is 0 Å². The van der Waals surface area contributed by atoms with Crippen molar-refractivity contribution in [3.63, 3.8) is 0 Å². The zero-order valence-corrected chi connectivity index (χ0v) is 13.5. The van der Waals surface area contributed by atoms with Gasteiger partial charge < -0.3 is 10.3 Å². The SMILES string of the molecule is C/C(F)=C\C=C(/C)C(C)NC(=O)c1cc2cc(Cl)ccc2[nH]1. The molecule has 0 spiro atoms. The van der Waals surface area contributed by atoms with E-state index in [0.29, 0.717) is 10.7 Å². The van der Waals surface area contributed by atoms with Crippen LogP contribution in [0.25, 0.3) is 10.9 Å². The molecule has 1 aromatic carbocycles. The smallest absolute Gasteiger partial charge is 0.268 e. The van der Waals surface area contributed by atoms with Gasteiger partial charge in [-0.3, -0.25) is 4.79 Å². The highest BCUT2D eigenvalue weighted by Crippen LogP contribution is 2.20. The first kappa shape index (κ1) is 16.3. The molecular formula is C17H18ClFN2O. The number of amides is 1. The van der Waals surface area contributed by atoms with E-state index in [4.69, 9.17) is 11.6 Å². The van der Waals surface area contributed by atoms with Crippen LogP contribution < -0.4 is 5.32 Å². The molecule has 1 heterocycles. The Bertz CT molecular complexity index is 757. The minimum atomic E-state index is -0.273. The van der Waals surface area contributed by atoms with Crippen molar-refractivity contribution in [3.05, 3.63) is 58.5 Å². The first-order valence-electron chi connectivity index (χ1n) is 6.96. The van der Waals surface area contributed by atoms with Crippen LogP contribution in [0.2, 0.25) is 5.02 Å². The van der Waals surface area contributed by atoms with E-state index >= 15 is 0 Å². The number of nitrogens with one attached hydrogen (secondary N) is 2. The van der Waals surface area contributed by atoms with E-state index in [2.05, 4.69) is 10.3 Å². The highest BCUT2D eigenvalue weighted by molar-refractivity contribution is 6.31. The van der Waals surface area contributed by atoms with Crippen LogP contribution in [0.4, 0.5) is 4.39 Å². The van der Waals surface area contributed by atoms with Crippen LogP contribution in [-0.2, 0) is 0 Å². The predicted molar refractivity (Wildman–Crippen MR) is 88.9 cm³/mol. The van der Waals surface area contributed by atoms with E-state index in [1.165, 1.54) is 13.0 Å². The molecule has 0 radical (unpaired) electrons. The molecule has 0 aliphatic rings. The molecule has 2 rings (SSSR count). The van der Waals surface area contributed by atoms with Gasteiger partial charge in [0.2, 0.25) is 0 Å². The largest absolute Gasteiger partial charge is 0.351 e. The van der Waals surface area contributed by atoms with E-state index in [1.54, 1.807) is 24.3 Å². The fourth-order valence-electron chi connectivity index (χ4n) is 2.00. The average Bonchev–Trinajstić information content (AvgIpc) is 2.87. The van der Waals surface area contributed by atoms with Crippen LogP contribution in [0.1, 0.15) is 31.3 Å². The molecule has 0 bridgehead atoms. The lowest BCUT2D eigenvalue weighted by Gasteiger charge is -2.13. The summed E-state index contributed by atoms with van der Waals surface area (Å²) in [6, 6.07) is 6.96. The summed E-state index contributed by atoms with van der Waals surface area (Å²) in [7, 11) is 0. The van der Waals surface area contributed by atoms with E-state index in [0.717, 1.165) is 16.5 Å². The summed E-state index contributed by atoms with van der Waals surface area (Å²) in [5.41, 5.74) is 2.18. The number of halogens is 2. The molecule has 1 amide bonds. The number of rotatable bonds is 4. The number of carbonyl (C=O) groups is 1. The van der Waals surface area contributed by atoms with Crippen LogP contribution in [-0.4, -0.2) is 16.9 Å². The second-order valence-corrected chi connectivity index (χ2v) is 5.71. The number of hydrogen-bond acceptors (Lipinski definition) is 1. The summed E-state index contributed by atoms with van der Waals surface area (Å²) >= 11 is 5.94. The zero-order valence-electron chi connectivity index (χ0n) is 12.7. The minimum absolute atomic E-state index is 0.196. The Hall–Kier alpha value is -2.07. The highest BCUT2D eigenvalue weighted by Gasteiger charge is 2.13. The molecule has 22 heavy (non-hydrogen) atoms. The third kappa shape index (κ3) is 3.98. The lowest BCUT2D eigenvalue weighted by Crippen LogP contribution is -2.33. The molecule has 5 heteroatoms. The van der Waals surface area contributed by atoms with Gasteiger partial charge in [0.25, 0.3) is 5.91 Å². The second kappa shape index (κ2) is 6.79. The summed E-state index contributed by atoms with van der Waals surface area (Å²) in [5, 5.41) is 4.38. The van der Waals surface area contributed by atoms with Gasteiger partial charge in [-0.1, -0.05) is 23.3 Å². The lowest BCUT2D eigenvalue weighted by molar-refractivity contribution is 0.0941. The fourth-order valence-corrected chi connectivity index (χ4v) is 2.19. The predicted octanol–water partition coefficient (Wildman–Crippen LogP) is 4.76. The minimum Gasteiger partial charge on any atom is -0.351 e. The maximum absolute atomic E-state index is 12.7. The highest BCUT2D eigenvalue weighted by atomic mass is 35.5. The first-order chi connectivity index (χ1) is 10.4. The van der Waals surface area contributed by atoms with Crippen LogP contribution in [0.3, 0.4) is 0 Å². The Morgan fingerprint density at radius 2 is 2.05 bits per heavy atom. The lowest BCUT2D eigenvalue weighted by atomic mass is 10.1. The van der Waals surface area contributed by atoms with Crippen molar-refractivity contribution in [2.45, 2.75) is 26.8 Å². The van der Waals surface area contributed by atoms with Crippen molar-refractivity contribution in [3.8, 4) is 0 Å². The summed E-state index contributed by atoms with van der Waals surface area (Å²) in [6.45, 7) is 5.07. The van der Waals surface area contributed by atoms with Gasteiger partial charge in [0.1, 0.15) is 5.69 Å². The molecule has 2 aromatic rings. The van der Waals surface area contributed by atoms with Gasteiger partial charge in [-0.25, -0.2) is 4.39 Å². The Kier molecular flexibility index (Phi) is 5.03. The molecule has 1 atom stereocenters. The van der Waals surface area contributed by atoms with Crippen LogP contribution in [0.5, 0.6) is 0 Å². The number of H-pyrrole nitrogens is 1. The van der Waals surface area contributed by atoms with E-state index < -0.39 is 0 Å². The average molecular weight is 321 g/mol. The van der Waals surface area contributed by atoms with E-state index in [-0.39, 0.29) is 17.8 Å². The summed E-state index contributed by atoms with van der Waals surface area (Å²) in [5.74, 6) is -0.487. The molecule has 1 aromatic heterocycles. The number of hydrogen-bond donors (Lipinski definition) is 2. The summed E-state index contributed by atoms with van der Waals surface area (Å²) in [4.78, 5) is 15.3. The van der Waals surface area contributed by atoms with Gasteiger partial charge in [-0.05, 0) is 51.1 Å². The second-order valence-electron chi connectivity index (χ2n) is 5.27. The van der Waals surface area contributed by atoms with Gasteiger partial charge >= 0.3 is 0 Å². The molecule has 0 saturated carbocycles. The van der Waals surface area contributed by atoms with Crippen molar-refractivity contribution >= 4 is 28.4 Å². The maximum Gasteiger partial charge on any atom is 0.268 e. The fraction of sp³-hybridized carbons (Fsp3) is 0.235. The summed E-state index contributed by atoms with van der Waals surface area (Å²) < 4.78 is 12.7. The third-order valence-electron chi connectivity index (χ3n) is 3.43. The topological polar surface area (TPSA) is 44.9 Å². The Balaban J connectivity index is 2.13. The quantitative estimate of drug-likeness (QED) is 0.784. The van der Waals surface area contributed by atoms with Gasteiger partial charge in [0, 0.05) is 22.0 Å². The Morgan fingerprint density at radius 1 is 1.32 bits per heavy atom. The molecule has 2 N–H and O–H groups in total. The van der Waals surface area contributed by atoms with Crippen molar-refractivity contribution < 1.29 is 9.18 Å². The van der Waals surface area contributed by atoms with Crippen LogP contribution in [0.15, 0.2) is 47.8 Å². The molecule has 0 aliphatic carbocycles. The van der Waals surface area contributed by atoms with Crippen molar-refractivity contribution in [2.75, 3.05) is 0 Å². The standard InChI is InChI=1S/C17H18ClFN2O/c1-10(4-5-11(2)19)12(3)20-17(22)16-9-13-8-14(18)6-7-15(13)21-16/h4-9,12,21H,1-3H3,(H,20,22)/b10-4+,11-5+. The number of fused-ring (bicyclic) bond motifs is 1. The Morgan fingerprint density at radius 3 is 2.73 bits per heavy atom. The number of carbonyl (C=O) groups excluding carboxylic acids is 1.